The van der Waals surface area contributed by atoms with Crippen molar-refractivity contribution in [3.63, 3.8) is 0 Å². The molecule has 294 valence electrons. The smallest absolute Gasteiger partial charge is 0.180 e. The predicted molar refractivity (Wildman–Crippen MR) is 250 cm³/mol. The van der Waals surface area contributed by atoms with E-state index in [1.165, 1.54) is 27.8 Å². The highest BCUT2D eigenvalue weighted by Gasteiger charge is 2.31. The summed E-state index contributed by atoms with van der Waals surface area (Å²) >= 11 is 0. The maximum atomic E-state index is 6.88. The van der Waals surface area contributed by atoms with E-state index >= 15 is 0 Å². The van der Waals surface area contributed by atoms with Crippen LogP contribution in [0.25, 0.3) is 112 Å². The van der Waals surface area contributed by atoms with E-state index < -0.39 is 0 Å². The van der Waals surface area contributed by atoms with E-state index in [9.17, 15) is 0 Å². The lowest BCUT2D eigenvalue weighted by Crippen LogP contribution is -2.00. The van der Waals surface area contributed by atoms with Crippen LogP contribution >= 0.6 is 0 Å². The van der Waals surface area contributed by atoms with E-state index in [-0.39, 0.29) is 5.92 Å². The number of para-hydroxylation sites is 2. The molecule has 0 amide bonds. The molecule has 0 saturated heterocycles. The van der Waals surface area contributed by atoms with Crippen molar-refractivity contribution in [3.8, 4) is 67.9 Å². The Morgan fingerprint density at radius 2 is 0.921 bits per heavy atom. The summed E-state index contributed by atoms with van der Waals surface area (Å²) in [5.74, 6) is 2.44. The highest BCUT2D eigenvalue weighted by atomic mass is 16.3. The second kappa shape index (κ2) is 14.0. The number of hydrogen-bond acceptors (Lipinski definition) is 7. The normalized spacial score (nSPS) is 13.2. The predicted octanol–water partition coefficient (Wildman–Crippen LogP) is 14.0. The summed E-state index contributed by atoms with van der Waals surface area (Å²) in [6.07, 6.45) is 0. The SMILES string of the molecule is c1ccc(-c2nc(-c3ccccc3)nc(-c3cccc4oc5c(-c6nc(-c7ccc8c(c7)C(c7ccccc7)c7ccccc7-8)nc7c6oc6ccccc67)cccc5c34)n2)cc1. The van der Waals surface area contributed by atoms with Crippen LogP contribution in [-0.2, 0) is 0 Å². The van der Waals surface area contributed by atoms with E-state index in [4.69, 9.17) is 33.8 Å². The molecule has 0 bridgehead atoms. The van der Waals surface area contributed by atoms with E-state index in [1.54, 1.807) is 0 Å². The molecule has 1 aliphatic rings. The summed E-state index contributed by atoms with van der Waals surface area (Å²) in [6, 6.07) is 66.4. The van der Waals surface area contributed by atoms with Crippen LogP contribution in [0, 0.1) is 0 Å². The lowest BCUT2D eigenvalue weighted by Gasteiger charge is -2.15. The molecular weight excluding hydrogens is 775 g/mol. The van der Waals surface area contributed by atoms with Gasteiger partial charge in [0, 0.05) is 49.9 Å². The van der Waals surface area contributed by atoms with Crippen LogP contribution in [0.1, 0.15) is 22.6 Å². The number of fused-ring (bicyclic) bond motifs is 9. The van der Waals surface area contributed by atoms with Crippen LogP contribution < -0.4 is 0 Å². The number of furan rings is 2. The van der Waals surface area contributed by atoms with Crippen molar-refractivity contribution in [2.75, 3.05) is 0 Å². The Hall–Kier alpha value is -8.55. The Morgan fingerprint density at radius 3 is 1.71 bits per heavy atom. The average Bonchev–Trinajstić information content (AvgIpc) is 4.04. The molecular formula is C56H33N5O2. The lowest BCUT2D eigenvalue weighted by molar-refractivity contribution is 0.663. The maximum Gasteiger partial charge on any atom is 0.180 e. The van der Waals surface area contributed by atoms with Gasteiger partial charge in [0.15, 0.2) is 28.9 Å². The van der Waals surface area contributed by atoms with Gasteiger partial charge in [-0.25, -0.2) is 24.9 Å². The Bertz CT molecular complexity index is 3690. The molecule has 0 spiro atoms. The minimum atomic E-state index is 0.0886. The van der Waals surface area contributed by atoms with Gasteiger partial charge >= 0.3 is 0 Å². The zero-order valence-corrected chi connectivity index (χ0v) is 33.6. The Kier molecular flexibility index (Phi) is 7.83. The monoisotopic (exact) mass is 807 g/mol. The highest BCUT2D eigenvalue weighted by molar-refractivity contribution is 6.17. The van der Waals surface area contributed by atoms with Crippen LogP contribution in [0.4, 0.5) is 0 Å². The van der Waals surface area contributed by atoms with Gasteiger partial charge < -0.3 is 8.83 Å². The summed E-state index contributed by atoms with van der Waals surface area (Å²) in [5.41, 5.74) is 14.8. The van der Waals surface area contributed by atoms with Gasteiger partial charge in [-0.15, -0.1) is 0 Å². The standard InChI is InChI=1S/C56H33N5O2/c1-4-16-33(17-5-1)47-39-23-11-10-22-37(39)38-31-30-36(32-44(38)47)55-57-49-40-24-12-13-28-45(40)62-52(49)50(58-55)43-27-14-25-41-48-42(26-15-29-46(48)63-51(41)43)56-60-53(34-18-6-2-7-19-34)59-54(61-56)35-20-8-3-9-21-35/h1-32,47H. The van der Waals surface area contributed by atoms with E-state index in [0.717, 1.165) is 55.1 Å². The molecule has 7 nitrogen and oxygen atoms in total. The fourth-order valence-electron chi connectivity index (χ4n) is 9.40. The number of rotatable bonds is 6. The van der Waals surface area contributed by atoms with Crippen molar-refractivity contribution >= 4 is 44.0 Å². The molecule has 4 aromatic heterocycles. The topological polar surface area (TPSA) is 90.7 Å². The van der Waals surface area contributed by atoms with Gasteiger partial charge in [-0.2, -0.15) is 0 Å². The second-order valence-corrected chi connectivity index (χ2v) is 15.9. The van der Waals surface area contributed by atoms with Gasteiger partial charge in [0.05, 0.1) is 0 Å². The van der Waals surface area contributed by atoms with Gasteiger partial charge in [0.2, 0.25) is 0 Å². The third-order valence-electron chi connectivity index (χ3n) is 12.3. The van der Waals surface area contributed by atoms with Gasteiger partial charge in [-0.3, -0.25) is 0 Å². The van der Waals surface area contributed by atoms with Crippen LogP contribution in [0.3, 0.4) is 0 Å². The number of benzene rings is 8. The molecule has 0 fully saturated rings. The largest absolute Gasteiger partial charge is 0.455 e. The molecule has 0 N–H and O–H groups in total. The zero-order valence-electron chi connectivity index (χ0n) is 33.6. The molecule has 1 atom stereocenters. The first-order chi connectivity index (χ1) is 31.2. The van der Waals surface area contributed by atoms with E-state index in [0.29, 0.717) is 45.7 Å². The lowest BCUT2D eigenvalue weighted by atomic mass is 9.89. The average molecular weight is 808 g/mol. The van der Waals surface area contributed by atoms with Crippen molar-refractivity contribution in [2.24, 2.45) is 0 Å². The summed E-state index contributed by atoms with van der Waals surface area (Å²) in [5, 5.41) is 2.73. The van der Waals surface area contributed by atoms with E-state index in [2.05, 4.69) is 103 Å². The fraction of sp³-hybridized carbons (Fsp3) is 0.0179. The van der Waals surface area contributed by atoms with Gasteiger partial charge in [-0.05, 0) is 58.1 Å². The number of nitrogens with zero attached hydrogens (tertiary/aromatic N) is 5. The Morgan fingerprint density at radius 1 is 0.349 bits per heavy atom. The number of hydrogen-bond donors (Lipinski definition) is 0. The van der Waals surface area contributed by atoms with Crippen molar-refractivity contribution in [1.82, 2.24) is 24.9 Å². The molecule has 8 aromatic carbocycles. The van der Waals surface area contributed by atoms with Crippen molar-refractivity contribution in [2.45, 2.75) is 5.92 Å². The molecule has 7 heteroatoms. The third kappa shape index (κ3) is 5.64. The number of aromatic nitrogens is 5. The van der Waals surface area contributed by atoms with Crippen LogP contribution in [-0.4, -0.2) is 24.9 Å². The van der Waals surface area contributed by atoms with Gasteiger partial charge in [0.1, 0.15) is 28.0 Å². The minimum absolute atomic E-state index is 0.0886. The molecule has 12 aromatic rings. The molecule has 1 unspecified atom stereocenters. The highest BCUT2D eigenvalue weighted by Crippen LogP contribution is 2.49. The molecule has 4 heterocycles. The van der Waals surface area contributed by atoms with Crippen molar-refractivity contribution in [1.29, 1.82) is 0 Å². The van der Waals surface area contributed by atoms with E-state index in [1.807, 2.05) is 91.0 Å². The van der Waals surface area contributed by atoms with Crippen molar-refractivity contribution < 1.29 is 8.83 Å². The summed E-state index contributed by atoms with van der Waals surface area (Å²) in [6.45, 7) is 0. The quantitative estimate of drug-likeness (QED) is 0.165. The molecule has 1 aliphatic carbocycles. The minimum Gasteiger partial charge on any atom is -0.455 e. The molecule has 63 heavy (non-hydrogen) atoms. The third-order valence-corrected chi connectivity index (χ3v) is 12.3. The zero-order chi connectivity index (χ0) is 41.4. The summed E-state index contributed by atoms with van der Waals surface area (Å²) in [4.78, 5) is 25.8. The van der Waals surface area contributed by atoms with Crippen LogP contribution in [0.5, 0.6) is 0 Å². The molecule has 13 rings (SSSR count). The Labute approximate surface area is 361 Å². The first-order valence-electron chi connectivity index (χ1n) is 21.0. The van der Waals surface area contributed by atoms with Gasteiger partial charge in [0.25, 0.3) is 0 Å². The van der Waals surface area contributed by atoms with Crippen LogP contribution in [0.15, 0.2) is 203 Å². The molecule has 0 radical (unpaired) electrons. The van der Waals surface area contributed by atoms with Crippen LogP contribution in [0.2, 0.25) is 0 Å². The molecule has 0 aliphatic heterocycles. The molecule has 0 saturated carbocycles. The fourth-order valence-corrected chi connectivity index (χ4v) is 9.40. The Balaban J connectivity index is 1.02. The van der Waals surface area contributed by atoms with Gasteiger partial charge in [-0.1, -0.05) is 164 Å². The first kappa shape index (κ1) is 35.2. The second-order valence-electron chi connectivity index (χ2n) is 15.9. The maximum absolute atomic E-state index is 6.88. The summed E-state index contributed by atoms with van der Waals surface area (Å²) < 4.78 is 13.5. The summed E-state index contributed by atoms with van der Waals surface area (Å²) in [7, 11) is 0. The van der Waals surface area contributed by atoms with Crippen molar-refractivity contribution in [3.05, 3.63) is 211 Å². The first-order valence-corrected chi connectivity index (χ1v) is 21.0.